The van der Waals surface area contributed by atoms with Crippen LogP contribution in [0.4, 0.5) is 10.1 Å². The Morgan fingerprint density at radius 2 is 1.56 bits per heavy atom. The number of anilines is 1. The molecule has 176 valence electrons. The second-order valence-electron chi connectivity index (χ2n) is 7.89. The molecule has 9 heteroatoms. The third-order valence-corrected chi connectivity index (χ3v) is 7.52. The van der Waals surface area contributed by atoms with Gasteiger partial charge in [0.25, 0.3) is 5.91 Å². The van der Waals surface area contributed by atoms with E-state index in [2.05, 4.69) is 5.32 Å². The molecular weight excluding hydrogens is 457 g/mol. The minimum Gasteiger partial charge on any atom is -0.321 e. The molecule has 0 spiro atoms. The fourth-order valence-electron chi connectivity index (χ4n) is 3.94. The number of sulfone groups is 1. The quantitative estimate of drug-likeness (QED) is 0.443. The Hall–Kier alpha value is -3.72. The summed E-state index contributed by atoms with van der Waals surface area (Å²) in [7, 11) is -4.06. The molecular formula is C25H24FN3O4S. The molecule has 4 aromatic rings. The van der Waals surface area contributed by atoms with E-state index in [9.17, 15) is 22.4 Å². The molecule has 0 unspecified atom stereocenters. The first kappa shape index (κ1) is 23.4. The number of nitrogens with zero attached hydrogens (tertiary/aromatic N) is 2. The second kappa shape index (κ2) is 8.90. The van der Waals surface area contributed by atoms with Crippen LogP contribution >= 0.6 is 0 Å². The summed E-state index contributed by atoms with van der Waals surface area (Å²) in [6, 6.07) is 14.4. The van der Waals surface area contributed by atoms with Crippen LogP contribution in [0.3, 0.4) is 0 Å². The lowest BCUT2D eigenvalue weighted by Gasteiger charge is -2.14. The highest BCUT2D eigenvalue weighted by Crippen LogP contribution is 2.32. The van der Waals surface area contributed by atoms with Crippen molar-refractivity contribution in [3.8, 4) is 0 Å². The topological polar surface area (TPSA) is 90.2 Å². The number of amides is 1. The van der Waals surface area contributed by atoms with Crippen molar-refractivity contribution in [1.29, 1.82) is 0 Å². The van der Waals surface area contributed by atoms with Crippen LogP contribution < -0.4 is 11.0 Å². The average Bonchev–Trinajstić information content (AvgIpc) is 3.08. The number of halogens is 1. The minimum absolute atomic E-state index is 0.0118. The van der Waals surface area contributed by atoms with E-state index in [1.165, 1.54) is 51.6 Å². The average molecular weight is 482 g/mol. The van der Waals surface area contributed by atoms with Gasteiger partial charge in [-0.1, -0.05) is 23.8 Å². The lowest BCUT2D eigenvalue weighted by Crippen LogP contribution is -2.23. The van der Waals surface area contributed by atoms with E-state index in [1.807, 2.05) is 13.8 Å². The Morgan fingerprint density at radius 3 is 2.15 bits per heavy atom. The van der Waals surface area contributed by atoms with Crippen LogP contribution in [0.15, 0.2) is 75.2 Å². The maximum Gasteiger partial charge on any atom is 0.329 e. The largest absolute Gasteiger partial charge is 0.329 e. The summed E-state index contributed by atoms with van der Waals surface area (Å²) >= 11 is 0. The number of hydrogen-bond acceptors (Lipinski definition) is 4. The summed E-state index contributed by atoms with van der Waals surface area (Å²) in [6.45, 7) is 6.17. The van der Waals surface area contributed by atoms with Crippen molar-refractivity contribution in [2.75, 3.05) is 5.32 Å². The molecule has 0 saturated heterocycles. The summed E-state index contributed by atoms with van der Waals surface area (Å²) in [5.74, 6) is -1.25. The molecule has 1 heterocycles. The number of hydrogen-bond donors (Lipinski definition) is 1. The first-order valence-corrected chi connectivity index (χ1v) is 12.3. The third kappa shape index (κ3) is 4.03. The maximum absolute atomic E-state index is 13.7. The molecule has 0 bridgehead atoms. The SMILES string of the molecule is CCn1c(=O)n(CC)c2cc(S(=O)(=O)c3ccc(C)cc3)c(NC(=O)c3cccc(F)c3)cc21. The van der Waals surface area contributed by atoms with Crippen molar-refractivity contribution >= 4 is 32.5 Å². The van der Waals surface area contributed by atoms with E-state index in [0.29, 0.717) is 24.1 Å². The third-order valence-electron chi connectivity index (χ3n) is 5.71. The van der Waals surface area contributed by atoms with Crippen LogP contribution in [0.2, 0.25) is 0 Å². The first-order valence-electron chi connectivity index (χ1n) is 10.8. The highest BCUT2D eigenvalue weighted by Gasteiger charge is 2.26. The second-order valence-corrected chi connectivity index (χ2v) is 9.81. The van der Waals surface area contributed by atoms with E-state index in [4.69, 9.17) is 0 Å². The van der Waals surface area contributed by atoms with Gasteiger partial charge < -0.3 is 5.32 Å². The molecule has 3 aromatic carbocycles. The van der Waals surface area contributed by atoms with Crippen molar-refractivity contribution in [3.05, 3.63) is 88.1 Å². The first-order chi connectivity index (χ1) is 16.2. The predicted octanol–water partition coefficient (Wildman–Crippen LogP) is 4.38. The smallest absolute Gasteiger partial charge is 0.321 e. The Kier molecular flexibility index (Phi) is 6.14. The fourth-order valence-corrected chi connectivity index (χ4v) is 5.36. The van der Waals surface area contributed by atoms with Crippen LogP contribution in [0, 0.1) is 12.7 Å². The Labute approximate surface area is 196 Å². The van der Waals surface area contributed by atoms with Crippen LogP contribution in [0.1, 0.15) is 29.8 Å². The van der Waals surface area contributed by atoms with Crippen molar-refractivity contribution in [2.24, 2.45) is 0 Å². The Bertz CT molecular complexity index is 1570. The van der Waals surface area contributed by atoms with Gasteiger partial charge in [-0.25, -0.2) is 17.6 Å². The number of fused-ring (bicyclic) bond motifs is 1. The Morgan fingerprint density at radius 1 is 0.941 bits per heavy atom. The number of carbonyl (C=O) groups excluding carboxylic acids is 1. The predicted molar refractivity (Wildman–Crippen MR) is 129 cm³/mol. The molecule has 0 aliphatic rings. The zero-order chi connectivity index (χ0) is 24.6. The van der Waals surface area contributed by atoms with Crippen molar-refractivity contribution in [2.45, 2.75) is 43.7 Å². The van der Waals surface area contributed by atoms with E-state index < -0.39 is 21.6 Å². The van der Waals surface area contributed by atoms with Gasteiger partial charge in [0.1, 0.15) is 5.82 Å². The van der Waals surface area contributed by atoms with Gasteiger partial charge in [-0.15, -0.1) is 0 Å². The van der Waals surface area contributed by atoms with Gasteiger partial charge in [-0.05, 0) is 63.2 Å². The molecule has 0 fully saturated rings. The number of aryl methyl sites for hydroxylation is 3. The zero-order valence-corrected chi connectivity index (χ0v) is 19.8. The molecule has 7 nitrogen and oxygen atoms in total. The molecule has 34 heavy (non-hydrogen) atoms. The number of nitrogens with one attached hydrogen (secondary N) is 1. The van der Waals surface area contributed by atoms with Crippen LogP contribution in [-0.2, 0) is 22.9 Å². The van der Waals surface area contributed by atoms with E-state index in [-0.39, 0.29) is 26.7 Å². The number of aromatic nitrogens is 2. The van der Waals surface area contributed by atoms with Crippen LogP contribution in [0.5, 0.6) is 0 Å². The molecule has 4 rings (SSSR count). The normalized spacial score (nSPS) is 11.6. The van der Waals surface area contributed by atoms with Gasteiger partial charge in [-0.2, -0.15) is 0 Å². The maximum atomic E-state index is 13.7. The number of imidazole rings is 1. The molecule has 1 aromatic heterocycles. The van der Waals surface area contributed by atoms with Gasteiger partial charge >= 0.3 is 5.69 Å². The molecule has 0 radical (unpaired) electrons. The Balaban J connectivity index is 1.97. The monoisotopic (exact) mass is 481 g/mol. The molecule has 0 aliphatic heterocycles. The number of benzene rings is 3. The standard InChI is InChI=1S/C25H24FN3O4S/c1-4-28-21-14-20(27-24(30)17-7-6-8-18(26)13-17)23(15-22(21)29(5-2)25(28)31)34(32,33)19-11-9-16(3)10-12-19/h6-15H,4-5H2,1-3H3,(H,27,30). The number of carbonyl (C=O) groups is 1. The van der Waals surface area contributed by atoms with Crippen LogP contribution in [0.25, 0.3) is 11.0 Å². The fraction of sp³-hybridized carbons (Fsp3) is 0.200. The highest BCUT2D eigenvalue weighted by molar-refractivity contribution is 7.91. The van der Waals surface area contributed by atoms with E-state index >= 15 is 0 Å². The van der Waals surface area contributed by atoms with Crippen LogP contribution in [-0.4, -0.2) is 23.5 Å². The summed E-state index contributed by atoms with van der Waals surface area (Å²) in [6.07, 6.45) is 0. The summed E-state index contributed by atoms with van der Waals surface area (Å²) in [5.41, 5.74) is 1.62. The minimum atomic E-state index is -4.06. The van der Waals surface area contributed by atoms with E-state index in [1.54, 1.807) is 19.1 Å². The molecule has 0 atom stereocenters. The van der Waals surface area contributed by atoms with E-state index in [0.717, 1.165) is 11.6 Å². The van der Waals surface area contributed by atoms with Gasteiger partial charge in [-0.3, -0.25) is 13.9 Å². The number of rotatable bonds is 6. The molecule has 1 amide bonds. The zero-order valence-electron chi connectivity index (χ0n) is 19.0. The summed E-state index contributed by atoms with van der Waals surface area (Å²) in [5, 5.41) is 2.62. The van der Waals surface area contributed by atoms with Crippen molar-refractivity contribution in [3.63, 3.8) is 0 Å². The van der Waals surface area contributed by atoms with Gasteiger partial charge in [0, 0.05) is 18.7 Å². The van der Waals surface area contributed by atoms with Crippen molar-refractivity contribution < 1.29 is 17.6 Å². The highest BCUT2D eigenvalue weighted by atomic mass is 32.2. The summed E-state index contributed by atoms with van der Waals surface area (Å²) < 4.78 is 43.9. The molecule has 0 saturated carbocycles. The molecule has 0 aliphatic carbocycles. The van der Waals surface area contributed by atoms with Gasteiger partial charge in [0.05, 0.1) is 26.5 Å². The summed E-state index contributed by atoms with van der Waals surface area (Å²) in [4.78, 5) is 25.7. The lowest BCUT2D eigenvalue weighted by atomic mass is 10.2. The molecule has 1 N–H and O–H groups in total. The lowest BCUT2D eigenvalue weighted by molar-refractivity contribution is 0.102. The van der Waals surface area contributed by atoms with Gasteiger partial charge in [0.2, 0.25) is 9.84 Å². The van der Waals surface area contributed by atoms with Crippen molar-refractivity contribution in [1.82, 2.24) is 9.13 Å². The van der Waals surface area contributed by atoms with Gasteiger partial charge in [0.15, 0.2) is 0 Å².